The van der Waals surface area contributed by atoms with E-state index in [0.717, 1.165) is 12.8 Å². The summed E-state index contributed by atoms with van der Waals surface area (Å²) in [6, 6.07) is 0. The summed E-state index contributed by atoms with van der Waals surface area (Å²) in [5.74, 6) is -1.07. The van der Waals surface area contributed by atoms with E-state index in [0.29, 0.717) is 18.7 Å². The third-order valence-corrected chi connectivity index (χ3v) is 2.50. The molecule has 0 spiro atoms. The Balaban J connectivity index is 2.53. The molecular weight excluding hydrogens is 187 g/mol. The number of hydrogen-bond acceptors (Lipinski definition) is 2. The van der Waals surface area contributed by atoms with Crippen LogP contribution in [0.3, 0.4) is 0 Å². The third-order valence-electron chi connectivity index (χ3n) is 2.50. The Morgan fingerprint density at radius 3 is 3.00 bits per heavy atom. The molecule has 1 aliphatic heterocycles. The van der Waals surface area contributed by atoms with Crippen molar-refractivity contribution in [2.75, 3.05) is 0 Å². The lowest BCUT2D eigenvalue weighted by molar-refractivity contribution is 0.0693. The number of aryl methyl sites for hydroxylation is 1. The third kappa shape index (κ3) is 1.29. The molecular formula is C9H11FN2O2. The van der Waals surface area contributed by atoms with Gasteiger partial charge in [0.1, 0.15) is 17.9 Å². The van der Waals surface area contributed by atoms with Crippen LogP contribution in [0.4, 0.5) is 4.39 Å². The highest BCUT2D eigenvalue weighted by Gasteiger charge is 2.24. The molecule has 0 saturated heterocycles. The van der Waals surface area contributed by atoms with Gasteiger partial charge in [-0.15, -0.1) is 0 Å². The highest BCUT2D eigenvalue weighted by molar-refractivity contribution is 5.90. The van der Waals surface area contributed by atoms with Crippen molar-refractivity contribution in [1.82, 2.24) is 9.78 Å². The molecule has 0 saturated carbocycles. The maximum Gasteiger partial charge on any atom is 0.339 e. The Labute approximate surface area is 80.3 Å². The van der Waals surface area contributed by atoms with Crippen LogP contribution in [0.15, 0.2) is 0 Å². The summed E-state index contributed by atoms with van der Waals surface area (Å²) >= 11 is 0. The van der Waals surface area contributed by atoms with E-state index in [1.165, 1.54) is 0 Å². The number of carboxylic acid groups (broad SMARTS) is 1. The van der Waals surface area contributed by atoms with E-state index in [1.54, 1.807) is 4.68 Å². The molecule has 1 aromatic heterocycles. The van der Waals surface area contributed by atoms with Gasteiger partial charge in [0.15, 0.2) is 0 Å². The van der Waals surface area contributed by atoms with Crippen molar-refractivity contribution in [1.29, 1.82) is 0 Å². The molecule has 1 aliphatic rings. The topological polar surface area (TPSA) is 55.1 Å². The molecule has 76 valence electrons. The molecule has 0 aliphatic carbocycles. The molecule has 0 unspecified atom stereocenters. The number of aromatic carboxylic acids is 1. The second kappa shape index (κ2) is 3.40. The molecule has 2 heterocycles. The fourth-order valence-electron chi connectivity index (χ4n) is 1.89. The Bertz CT molecular complexity index is 373. The van der Waals surface area contributed by atoms with Crippen molar-refractivity contribution < 1.29 is 14.3 Å². The number of nitrogens with zero attached hydrogens (tertiary/aromatic N) is 2. The largest absolute Gasteiger partial charge is 0.478 e. The van der Waals surface area contributed by atoms with Crippen LogP contribution < -0.4 is 0 Å². The van der Waals surface area contributed by atoms with Gasteiger partial charge in [-0.25, -0.2) is 9.18 Å². The molecule has 4 nitrogen and oxygen atoms in total. The summed E-state index contributed by atoms with van der Waals surface area (Å²) in [5.41, 5.74) is 0.818. The predicted molar refractivity (Wildman–Crippen MR) is 46.9 cm³/mol. The Morgan fingerprint density at radius 1 is 1.57 bits per heavy atom. The smallest absolute Gasteiger partial charge is 0.339 e. The van der Waals surface area contributed by atoms with E-state index in [4.69, 9.17) is 5.11 Å². The maximum absolute atomic E-state index is 12.5. The van der Waals surface area contributed by atoms with Gasteiger partial charge in [-0.2, -0.15) is 5.10 Å². The molecule has 0 bridgehead atoms. The van der Waals surface area contributed by atoms with Gasteiger partial charge in [-0.1, -0.05) is 0 Å². The van der Waals surface area contributed by atoms with Crippen LogP contribution in [0.5, 0.6) is 0 Å². The molecule has 0 atom stereocenters. The summed E-state index contributed by atoms with van der Waals surface area (Å²) < 4.78 is 14.1. The van der Waals surface area contributed by atoms with Gasteiger partial charge in [0.05, 0.1) is 5.69 Å². The average molecular weight is 198 g/mol. The maximum atomic E-state index is 12.5. The molecule has 0 amide bonds. The fourth-order valence-corrected chi connectivity index (χ4v) is 1.89. The summed E-state index contributed by atoms with van der Waals surface area (Å²) in [4.78, 5) is 10.9. The Morgan fingerprint density at radius 2 is 2.36 bits per heavy atom. The molecule has 0 aromatic carbocycles. The van der Waals surface area contributed by atoms with Crippen molar-refractivity contribution in [3.8, 4) is 0 Å². The van der Waals surface area contributed by atoms with Crippen LogP contribution >= 0.6 is 0 Å². The number of carbonyl (C=O) groups is 1. The van der Waals surface area contributed by atoms with E-state index in [2.05, 4.69) is 5.10 Å². The lowest BCUT2D eigenvalue weighted by atomic mass is 10.1. The fraction of sp³-hybridized carbons (Fsp3) is 0.556. The van der Waals surface area contributed by atoms with Crippen LogP contribution in [-0.2, 0) is 19.6 Å². The van der Waals surface area contributed by atoms with Crippen LogP contribution in [0.1, 0.15) is 34.6 Å². The first kappa shape index (κ1) is 9.18. The highest BCUT2D eigenvalue weighted by Crippen LogP contribution is 2.22. The standard InChI is InChI=1S/C9H11FN2O2/c10-5-6-8(9(13)14)7-3-1-2-4-12(7)11-6/h1-5H2,(H,13,14). The van der Waals surface area contributed by atoms with Gasteiger partial charge in [0.25, 0.3) is 0 Å². The monoisotopic (exact) mass is 198 g/mol. The zero-order valence-corrected chi connectivity index (χ0v) is 7.66. The van der Waals surface area contributed by atoms with Gasteiger partial charge in [-0.05, 0) is 19.3 Å². The van der Waals surface area contributed by atoms with E-state index in [9.17, 15) is 9.18 Å². The molecule has 2 rings (SSSR count). The van der Waals surface area contributed by atoms with E-state index in [1.807, 2.05) is 0 Å². The van der Waals surface area contributed by atoms with Crippen molar-refractivity contribution in [2.24, 2.45) is 0 Å². The highest BCUT2D eigenvalue weighted by atomic mass is 19.1. The zero-order valence-electron chi connectivity index (χ0n) is 7.66. The summed E-state index contributed by atoms with van der Waals surface area (Å²) in [6.07, 6.45) is 2.63. The first-order valence-corrected chi connectivity index (χ1v) is 4.62. The van der Waals surface area contributed by atoms with Crippen LogP contribution in [0.25, 0.3) is 0 Å². The van der Waals surface area contributed by atoms with Gasteiger partial charge < -0.3 is 5.11 Å². The minimum Gasteiger partial charge on any atom is -0.478 e. The van der Waals surface area contributed by atoms with Crippen molar-refractivity contribution >= 4 is 5.97 Å². The normalized spacial score (nSPS) is 15.2. The molecule has 0 fully saturated rings. The van der Waals surface area contributed by atoms with Crippen LogP contribution in [0.2, 0.25) is 0 Å². The van der Waals surface area contributed by atoms with E-state index >= 15 is 0 Å². The van der Waals surface area contributed by atoms with Crippen LogP contribution in [0, 0.1) is 0 Å². The van der Waals surface area contributed by atoms with Gasteiger partial charge in [0, 0.05) is 6.54 Å². The first-order chi connectivity index (χ1) is 6.74. The summed E-state index contributed by atoms with van der Waals surface area (Å²) in [7, 11) is 0. The molecule has 1 N–H and O–H groups in total. The quantitative estimate of drug-likeness (QED) is 0.781. The Kier molecular flexibility index (Phi) is 2.23. The zero-order chi connectivity index (χ0) is 10.1. The van der Waals surface area contributed by atoms with Crippen LogP contribution in [-0.4, -0.2) is 20.9 Å². The first-order valence-electron chi connectivity index (χ1n) is 4.62. The second-order valence-electron chi connectivity index (χ2n) is 3.39. The number of fused-ring (bicyclic) bond motifs is 1. The number of halogens is 1. The number of carboxylic acids is 1. The van der Waals surface area contributed by atoms with Crippen molar-refractivity contribution in [2.45, 2.75) is 32.5 Å². The Hall–Kier alpha value is -1.39. The minimum absolute atomic E-state index is 0.0643. The molecule has 14 heavy (non-hydrogen) atoms. The van der Waals surface area contributed by atoms with Gasteiger partial charge in [-0.3, -0.25) is 4.68 Å². The number of alkyl halides is 1. The number of aromatic nitrogens is 2. The average Bonchev–Trinajstić information content (AvgIpc) is 2.55. The van der Waals surface area contributed by atoms with E-state index < -0.39 is 12.6 Å². The molecule has 1 aromatic rings. The van der Waals surface area contributed by atoms with E-state index in [-0.39, 0.29) is 11.3 Å². The summed E-state index contributed by atoms with van der Waals surface area (Å²) in [5, 5.41) is 12.9. The summed E-state index contributed by atoms with van der Waals surface area (Å²) in [6.45, 7) is -0.1000. The molecule has 0 radical (unpaired) electrons. The predicted octanol–water partition coefficient (Wildman–Crippen LogP) is 1.39. The van der Waals surface area contributed by atoms with Crippen molar-refractivity contribution in [3.05, 3.63) is 17.0 Å². The number of hydrogen-bond donors (Lipinski definition) is 1. The SMILES string of the molecule is O=C(O)c1c(CF)nn2c1CCCC2. The lowest BCUT2D eigenvalue weighted by Gasteiger charge is -2.13. The number of rotatable bonds is 2. The van der Waals surface area contributed by atoms with Crippen molar-refractivity contribution in [3.63, 3.8) is 0 Å². The van der Waals surface area contributed by atoms with Gasteiger partial charge >= 0.3 is 5.97 Å². The second-order valence-corrected chi connectivity index (χ2v) is 3.39. The van der Waals surface area contributed by atoms with Gasteiger partial charge in [0.2, 0.25) is 0 Å². The lowest BCUT2D eigenvalue weighted by Crippen LogP contribution is -2.13. The molecule has 5 heteroatoms. The minimum atomic E-state index is -1.07.